The Labute approximate surface area is 189 Å². The molecular weight excluding hydrogens is 427 g/mol. The standard InChI is InChI=1S/C24H23FN4O4/c25-16-11-17(14-5-9-28(10-6-14)23(32)15-3-7-26-8-4-15)19-13-29(24(33)18(19)12-16)20-1-2-21(30)27-22(20)31/h3-4,7-8,11-12,14,20H,1-2,5-6,9-10,13H2,(H,27,30,31). The Kier molecular flexibility index (Phi) is 5.39. The lowest BCUT2D eigenvalue weighted by Crippen LogP contribution is -2.52. The highest BCUT2D eigenvalue weighted by Crippen LogP contribution is 2.38. The predicted octanol–water partition coefficient (Wildman–Crippen LogP) is 2.00. The van der Waals surface area contributed by atoms with Crippen molar-refractivity contribution in [3.8, 4) is 0 Å². The van der Waals surface area contributed by atoms with Crippen molar-refractivity contribution in [2.75, 3.05) is 13.1 Å². The van der Waals surface area contributed by atoms with Crippen molar-refractivity contribution in [3.63, 3.8) is 0 Å². The van der Waals surface area contributed by atoms with Gasteiger partial charge in [0, 0.05) is 49.6 Å². The summed E-state index contributed by atoms with van der Waals surface area (Å²) in [5.41, 5.74) is 2.37. The third kappa shape index (κ3) is 3.88. The zero-order chi connectivity index (χ0) is 23.1. The Hall–Kier alpha value is -3.62. The van der Waals surface area contributed by atoms with Crippen LogP contribution in [-0.4, -0.2) is 57.5 Å². The number of rotatable bonds is 3. The van der Waals surface area contributed by atoms with Crippen LogP contribution in [-0.2, 0) is 16.1 Å². The highest BCUT2D eigenvalue weighted by Gasteiger charge is 2.41. The van der Waals surface area contributed by atoms with Crippen LogP contribution in [0.25, 0.3) is 0 Å². The molecule has 1 aromatic carbocycles. The normalized spacial score (nSPS) is 21.2. The Morgan fingerprint density at radius 1 is 1.06 bits per heavy atom. The van der Waals surface area contributed by atoms with Crippen molar-refractivity contribution >= 4 is 23.6 Å². The Bertz CT molecular complexity index is 1140. The first-order valence-electron chi connectivity index (χ1n) is 11.1. The predicted molar refractivity (Wildman–Crippen MR) is 115 cm³/mol. The number of nitrogens with one attached hydrogen (secondary N) is 1. The van der Waals surface area contributed by atoms with Crippen LogP contribution in [0.3, 0.4) is 0 Å². The molecule has 9 heteroatoms. The van der Waals surface area contributed by atoms with Crippen LogP contribution in [0.2, 0.25) is 0 Å². The summed E-state index contributed by atoms with van der Waals surface area (Å²) in [7, 11) is 0. The first kappa shape index (κ1) is 21.2. The molecule has 33 heavy (non-hydrogen) atoms. The number of carbonyl (C=O) groups excluding carboxylic acids is 4. The van der Waals surface area contributed by atoms with Crippen molar-refractivity contribution in [2.24, 2.45) is 0 Å². The number of carbonyl (C=O) groups is 4. The van der Waals surface area contributed by atoms with E-state index in [-0.39, 0.29) is 48.6 Å². The maximum absolute atomic E-state index is 14.5. The van der Waals surface area contributed by atoms with Gasteiger partial charge in [-0.15, -0.1) is 0 Å². The van der Waals surface area contributed by atoms with E-state index in [4.69, 9.17) is 0 Å². The van der Waals surface area contributed by atoms with Crippen LogP contribution >= 0.6 is 0 Å². The van der Waals surface area contributed by atoms with Crippen LogP contribution in [0, 0.1) is 5.82 Å². The van der Waals surface area contributed by atoms with Gasteiger partial charge in [0.15, 0.2) is 0 Å². The van der Waals surface area contributed by atoms with E-state index in [2.05, 4.69) is 10.3 Å². The van der Waals surface area contributed by atoms with Gasteiger partial charge in [0.1, 0.15) is 11.9 Å². The maximum Gasteiger partial charge on any atom is 0.255 e. The minimum Gasteiger partial charge on any atom is -0.339 e. The molecule has 2 aromatic rings. The second-order valence-electron chi connectivity index (χ2n) is 8.72. The molecule has 1 aromatic heterocycles. The van der Waals surface area contributed by atoms with Gasteiger partial charge in [-0.2, -0.15) is 0 Å². The van der Waals surface area contributed by atoms with E-state index in [1.54, 1.807) is 29.4 Å². The third-order valence-corrected chi connectivity index (χ3v) is 6.80. The fourth-order valence-electron chi connectivity index (χ4n) is 5.09. The molecule has 5 rings (SSSR count). The van der Waals surface area contributed by atoms with Crippen molar-refractivity contribution in [3.05, 3.63) is 64.7 Å². The monoisotopic (exact) mass is 450 g/mol. The number of aromatic nitrogens is 1. The van der Waals surface area contributed by atoms with Crippen LogP contribution in [0.5, 0.6) is 0 Å². The van der Waals surface area contributed by atoms with Gasteiger partial charge < -0.3 is 9.80 Å². The number of halogens is 1. The van der Waals surface area contributed by atoms with E-state index in [9.17, 15) is 23.6 Å². The number of amides is 4. The summed E-state index contributed by atoms with van der Waals surface area (Å²) < 4.78 is 14.5. The number of fused-ring (bicyclic) bond motifs is 1. The highest BCUT2D eigenvalue weighted by molar-refractivity contribution is 6.05. The molecular formula is C24H23FN4O4. The lowest BCUT2D eigenvalue weighted by atomic mass is 9.85. The average Bonchev–Trinajstić information content (AvgIpc) is 3.15. The number of likely N-dealkylation sites (tertiary alicyclic amines) is 1. The lowest BCUT2D eigenvalue weighted by molar-refractivity contribution is -0.136. The summed E-state index contributed by atoms with van der Waals surface area (Å²) in [5, 5.41) is 2.28. The molecule has 1 unspecified atom stereocenters. The van der Waals surface area contributed by atoms with Crippen LogP contribution in [0.15, 0.2) is 36.7 Å². The Balaban J connectivity index is 1.34. The molecule has 2 saturated heterocycles. The van der Waals surface area contributed by atoms with E-state index in [1.165, 1.54) is 17.0 Å². The number of pyridine rings is 1. The molecule has 0 saturated carbocycles. The summed E-state index contributed by atoms with van der Waals surface area (Å²) in [6, 6.07) is 5.34. The van der Waals surface area contributed by atoms with E-state index >= 15 is 0 Å². The molecule has 1 N–H and O–H groups in total. The number of hydrogen-bond donors (Lipinski definition) is 1. The summed E-state index contributed by atoms with van der Waals surface area (Å²) in [4.78, 5) is 56.7. The second-order valence-corrected chi connectivity index (χ2v) is 8.72. The first-order chi connectivity index (χ1) is 15.9. The van der Waals surface area contributed by atoms with Crippen molar-refractivity contribution in [1.82, 2.24) is 20.1 Å². The smallest absolute Gasteiger partial charge is 0.255 e. The van der Waals surface area contributed by atoms with E-state index < -0.39 is 17.8 Å². The molecule has 4 amide bonds. The van der Waals surface area contributed by atoms with Crippen LogP contribution < -0.4 is 5.32 Å². The van der Waals surface area contributed by atoms with Gasteiger partial charge in [-0.3, -0.25) is 29.5 Å². The zero-order valence-corrected chi connectivity index (χ0v) is 17.9. The molecule has 0 aliphatic carbocycles. The minimum atomic E-state index is -0.738. The SMILES string of the molecule is O=C1CCC(N2Cc3c(cc(F)cc3C3CCN(C(=O)c4ccncc4)CC3)C2=O)C(=O)N1. The van der Waals surface area contributed by atoms with Gasteiger partial charge in [-0.25, -0.2) is 4.39 Å². The van der Waals surface area contributed by atoms with E-state index in [0.29, 0.717) is 31.5 Å². The van der Waals surface area contributed by atoms with E-state index in [0.717, 1.165) is 11.1 Å². The van der Waals surface area contributed by atoms with Gasteiger partial charge >= 0.3 is 0 Å². The van der Waals surface area contributed by atoms with Gasteiger partial charge in [0.2, 0.25) is 11.8 Å². The molecule has 0 spiro atoms. The number of nitrogens with zero attached hydrogens (tertiary/aromatic N) is 3. The average molecular weight is 450 g/mol. The highest BCUT2D eigenvalue weighted by atomic mass is 19.1. The molecule has 3 aliphatic heterocycles. The van der Waals surface area contributed by atoms with Crippen LogP contribution in [0.1, 0.15) is 63.4 Å². The largest absolute Gasteiger partial charge is 0.339 e. The number of imide groups is 1. The second kappa shape index (κ2) is 8.38. The van der Waals surface area contributed by atoms with Crippen molar-refractivity contribution in [1.29, 1.82) is 0 Å². The van der Waals surface area contributed by atoms with Crippen molar-refractivity contribution in [2.45, 2.75) is 44.2 Å². The molecule has 4 heterocycles. The van der Waals surface area contributed by atoms with Gasteiger partial charge in [0.25, 0.3) is 11.8 Å². The number of benzene rings is 1. The number of piperidine rings is 2. The quantitative estimate of drug-likeness (QED) is 0.721. The first-order valence-corrected chi connectivity index (χ1v) is 11.1. The zero-order valence-electron chi connectivity index (χ0n) is 17.9. The Morgan fingerprint density at radius 3 is 2.48 bits per heavy atom. The molecule has 0 bridgehead atoms. The molecule has 170 valence electrons. The fourth-order valence-corrected chi connectivity index (χ4v) is 5.09. The summed E-state index contributed by atoms with van der Waals surface area (Å²) in [6.07, 6.45) is 4.90. The molecule has 8 nitrogen and oxygen atoms in total. The summed E-state index contributed by atoms with van der Waals surface area (Å²) >= 11 is 0. The van der Waals surface area contributed by atoms with Gasteiger partial charge in [-0.1, -0.05) is 0 Å². The lowest BCUT2D eigenvalue weighted by Gasteiger charge is -2.33. The third-order valence-electron chi connectivity index (χ3n) is 6.80. The fraction of sp³-hybridized carbons (Fsp3) is 0.375. The number of hydrogen-bond acceptors (Lipinski definition) is 5. The molecule has 0 radical (unpaired) electrons. The minimum absolute atomic E-state index is 0.00505. The van der Waals surface area contributed by atoms with Crippen molar-refractivity contribution < 1.29 is 23.6 Å². The van der Waals surface area contributed by atoms with E-state index in [1.807, 2.05) is 0 Å². The van der Waals surface area contributed by atoms with Gasteiger partial charge in [0.05, 0.1) is 0 Å². The Morgan fingerprint density at radius 2 is 1.79 bits per heavy atom. The molecule has 1 atom stereocenters. The van der Waals surface area contributed by atoms with Gasteiger partial charge in [-0.05, 0) is 60.6 Å². The maximum atomic E-state index is 14.5. The molecule has 2 fully saturated rings. The summed E-state index contributed by atoms with van der Waals surface area (Å²) in [6.45, 7) is 1.27. The van der Waals surface area contributed by atoms with Crippen LogP contribution in [0.4, 0.5) is 4.39 Å². The summed E-state index contributed by atoms with van der Waals surface area (Å²) in [5.74, 6) is -1.76. The molecule has 3 aliphatic rings. The topological polar surface area (TPSA) is 99.7 Å².